The van der Waals surface area contributed by atoms with Crippen molar-refractivity contribution < 1.29 is 23.8 Å². The molecule has 7 heteroatoms. The number of amides is 1. The predicted octanol–water partition coefficient (Wildman–Crippen LogP) is 2.26. The van der Waals surface area contributed by atoms with Crippen LogP contribution in [-0.2, 0) is 9.53 Å². The number of halogens is 1. The molecule has 6 nitrogen and oxygen atoms in total. The molecule has 22 heavy (non-hydrogen) atoms. The second kappa shape index (κ2) is 5.90. The Hall–Kier alpha value is -2.18. The second-order valence-electron chi connectivity index (χ2n) is 6.35. The molecule has 1 aliphatic heterocycles. The number of rotatable bonds is 2. The van der Waals surface area contributed by atoms with Gasteiger partial charge in [-0.2, -0.15) is 4.39 Å². The quantitative estimate of drug-likeness (QED) is 0.848. The van der Waals surface area contributed by atoms with Crippen molar-refractivity contribution in [1.29, 1.82) is 0 Å². The second-order valence-corrected chi connectivity index (χ2v) is 6.35. The maximum absolute atomic E-state index is 12.9. The Morgan fingerprint density at radius 3 is 2.55 bits per heavy atom. The van der Waals surface area contributed by atoms with Gasteiger partial charge < -0.3 is 14.7 Å². The Morgan fingerprint density at radius 2 is 2.05 bits per heavy atom. The zero-order valence-electron chi connectivity index (χ0n) is 12.7. The van der Waals surface area contributed by atoms with Crippen LogP contribution in [0.15, 0.2) is 18.3 Å². The summed E-state index contributed by atoms with van der Waals surface area (Å²) >= 11 is 0. The van der Waals surface area contributed by atoms with E-state index in [0.717, 1.165) is 0 Å². The number of carbonyl (C=O) groups excluding carboxylic acids is 1. The van der Waals surface area contributed by atoms with Gasteiger partial charge in [-0.05, 0) is 32.4 Å². The molecule has 120 valence electrons. The number of ether oxygens (including phenoxy) is 1. The van der Waals surface area contributed by atoms with E-state index < -0.39 is 35.4 Å². The van der Waals surface area contributed by atoms with Crippen LogP contribution in [0.1, 0.15) is 32.3 Å². The highest BCUT2D eigenvalue weighted by Crippen LogP contribution is 2.33. The summed E-state index contributed by atoms with van der Waals surface area (Å²) in [5.74, 6) is -2.82. The van der Waals surface area contributed by atoms with Gasteiger partial charge >= 0.3 is 12.1 Å². The van der Waals surface area contributed by atoms with Gasteiger partial charge in [0.25, 0.3) is 0 Å². The fourth-order valence-corrected chi connectivity index (χ4v) is 2.47. The van der Waals surface area contributed by atoms with Gasteiger partial charge in [0.2, 0.25) is 5.95 Å². The van der Waals surface area contributed by atoms with Gasteiger partial charge in [-0.25, -0.2) is 9.78 Å². The molecule has 0 aliphatic carbocycles. The van der Waals surface area contributed by atoms with Crippen LogP contribution in [0.4, 0.5) is 9.18 Å². The third-order valence-corrected chi connectivity index (χ3v) is 3.47. The van der Waals surface area contributed by atoms with Crippen molar-refractivity contribution in [3.8, 4) is 0 Å². The first-order valence-corrected chi connectivity index (χ1v) is 6.99. The molecule has 0 radical (unpaired) electrons. The number of likely N-dealkylation sites (tertiary alicyclic amines) is 1. The van der Waals surface area contributed by atoms with Crippen molar-refractivity contribution in [2.24, 2.45) is 5.92 Å². The minimum absolute atomic E-state index is 0.0618. The van der Waals surface area contributed by atoms with Crippen LogP contribution in [0.5, 0.6) is 0 Å². The number of carboxylic acids is 1. The number of pyridine rings is 1. The molecule has 0 spiro atoms. The normalized spacial score (nSPS) is 21.7. The number of hydrogen-bond acceptors (Lipinski definition) is 4. The molecule has 1 fully saturated rings. The highest BCUT2D eigenvalue weighted by atomic mass is 19.1. The average Bonchev–Trinajstić information content (AvgIpc) is 2.83. The van der Waals surface area contributed by atoms with E-state index in [1.54, 1.807) is 20.8 Å². The van der Waals surface area contributed by atoms with Crippen molar-refractivity contribution in [3.05, 3.63) is 29.8 Å². The Balaban J connectivity index is 2.18. The third-order valence-electron chi connectivity index (χ3n) is 3.47. The molecule has 1 amide bonds. The highest BCUT2D eigenvalue weighted by molar-refractivity contribution is 5.75. The lowest BCUT2D eigenvalue weighted by Gasteiger charge is -2.24. The first-order valence-electron chi connectivity index (χ1n) is 6.99. The summed E-state index contributed by atoms with van der Waals surface area (Å²) in [5.41, 5.74) is -0.0504. The summed E-state index contributed by atoms with van der Waals surface area (Å²) < 4.78 is 18.2. The van der Waals surface area contributed by atoms with E-state index >= 15 is 0 Å². The fourth-order valence-electron chi connectivity index (χ4n) is 2.47. The van der Waals surface area contributed by atoms with E-state index in [-0.39, 0.29) is 13.1 Å². The summed E-state index contributed by atoms with van der Waals surface area (Å²) in [6, 6.07) is 2.69. The molecule has 0 saturated carbocycles. The number of hydrogen-bond donors (Lipinski definition) is 1. The van der Waals surface area contributed by atoms with Gasteiger partial charge in [-0.15, -0.1) is 0 Å². The van der Waals surface area contributed by atoms with Crippen LogP contribution in [0.2, 0.25) is 0 Å². The molecule has 2 rings (SSSR count). The van der Waals surface area contributed by atoms with E-state index in [2.05, 4.69) is 4.98 Å². The fraction of sp³-hybridized carbons (Fsp3) is 0.533. The average molecular weight is 310 g/mol. The summed E-state index contributed by atoms with van der Waals surface area (Å²) in [6.45, 7) is 5.51. The Bertz CT molecular complexity index is 568. The number of carbonyl (C=O) groups is 2. The SMILES string of the molecule is CC(C)(C)OC(=O)N1CC(C(=O)O)C(c2ccc(F)nc2)C1. The monoisotopic (exact) mass is 310 g/mol. The molecule has 2 atom stereocenters. The number of aromatic nitrogens is 1. The van der Waals surface area contributed by atoms with Gasteiger partial charge in [0, 0.05) is 25.2 Å². The van der Waals surface area contributed by atoms with Crippen molar-refractivity contribution in [2.75, 3.05) is 13.1 Å². The van der Waals surface area contributed by atoms with Gasteiger partial charge in [0.05, 0.1) is 5.92 Å². The molecular weight excluding hydrogens is 291 g/mol. The molecule has 1 aromatic rings. The highest BCUT2D eigenvalue weighted by Gasteiger charge is 2.41. The molecule has 1 saturated heterocycles. The zero-order valence-corrected chi connectivity index (χ0v) is 12.7. The van der Waals surface area contributed by atoms with E-state index in [0.29, 0.717) is 5.56 Å². The molecule has 0 aromatic carbocycles. The van der Waals surface area contributed by atoms with Gasteiger partial charge in [-0.3, -0.25) is 4.79 Å². The third kappa shape index (κ3) is 3.72. The smallest absolute Gasteiger partial charge is 0.410 e. The lowest BCUT2D eigenvalue weighted by molar-refractivity contribution is -0.141. The molecule has 2 unspecified atom stereocenters. The lowest BCUT2D eigenvalue weighted by atomic mass is 9.90. The summed E-state index contributed by atoms with van der Waals surface area (Å²) in [6.07, 6.45) is 0.769. The minimum atomic E-state index is -1.000. The van der Waals surface area contributed by atoms with E-state index in [4.69, 9.17) is 4.74 Å². The molecule has 1 N–H and O–H groups in total. The summed E-state index contributed by atoms with van der Waals surface area (Å²) in [7, 11) is 0. The molecule has 1 aromatic heterocycles. The molecule has 1 aliphatic rings. The van der Waals surface area contributed by atoms with Crippen LogP contribution in [0.25, 0.3) is 0 Å². The van der Waals surface area contributed by atoms with Crippen molar-refractivity contribution in [3.63, 3.8) is 0 Å². The Morgan fingerprint density at radius 1 is 1.36 bits per heavy atom. The number of aliphatic carboxylic acids is 1. The predicted molar refractivity (Wildman–Crippen MR) is 75.9 cm³/mol. The van der Waals surface area contributed by atoms with Crippen LogP contribution in [0.3, 0.4) is 0 Å². The van der Waals surface area contributed by atoms with E-state index in [1.807, 2.05) is 0 Å². The topological polar surface area (TPSA) is 79.7 Å². The maximum atomic E-state index is 12.9. The van der Waals surface area contributed by atoms with Crippen molar-refractivity contribution in [2.45, 2.75) is 32.3 Å². The van der Waals surface area contributed by atoms with Crippen molar-refractivity contribution in [1.82, 2.24) is 9.88 Å². The number of carboxylic acid groups (broad SMARTS) is 1. The van der Waals surface area contributed by atoms with Crippen molar-refractivity contribution >= 4 is 12.1 Å². The summed E-state index contributed by atoms with van der Waals surface area (Å²) in [5, 5.41) is 9.36. The molecular formula is C15H19FN2O4. The van der Waals surface area contributed by atoms with Crippen LogP contribution in [0, 0.1) is 11.9 Å². The first kappa shape index (κ1) is 16.2. The van der Waals surface area contributed by atoms with Crippen LogP contribution in [-0.4, -0.2) is 45.7 Å². The Labute approximate surface area is 127 Å². The minimum Gasteiger partial charge on any atom is -0.481 e. The maximum Gasteiger partial charge on any atom is 0.410 e. The zero-order chi connectivity index (χ0) is 16.5. The summed E-state index contributed by atoms with van der Waals surface area (Å²) in [4.78, 5) is 28.5. The largest absolute Gasteiger partial charge is 0.481 e. The van der Waals surface area contributed by atoms with Crippen LogP contribution < -0.4 is 0 Å². The standard InChI is InChI=1S/C15H19FN2O4/c1-15(2,3)22-14(21)18-7-10(11(8-18)13(19)20)9-4-5-12(16)17-6-9/h4-6,10-11H,7-8H2,1-3H3,(H,19,20). The number of nitrogens with zero attached hydrogens (tertiary/aromatic N) is 2. The van der Waals surface area contributed by atoms with Gasteiger partial charge in [-0.1, -0.05) is 6.07 Å². The molecule has 0 bridgehead atoms. The van der Waals surface area contributed by atoms with Gasteiger partial charge in [0.1, 0.15) is 5.60 Å². The Kier molecular flexibility index (Phi) is 4.35. The lowest BCUT2D eigenvalue weighted by Crippen LogP contribution is -2.35. The van der Waals surface area contributed by atoms with Crippen LogP contribution >= 0.6 is 0 Å². The first-order chi connectivity index (χ1) is 10.2. The van der Waals surface area contributed by atoms with Gasteiger partial charge in [0.15, 0.2) is 0 Å². The molecule has 2 heterocycles. The van der Waals surface area contributed by atoms with E-state index in [9.17, 15) is 19.1 Å². The van der Waals surface area contributed by atoms with E-state index in [1.165, 1.54) is 23.2 Å².